The Bertz CT molecular complexity index is 924. The van der Waals surface area contributed by atoms with Crippen molar-refractivity contribution < 1.29 is 9.18 Å². The third-order valence-electron chi connectivity index (χ3n) is 3.39. The summed E-state index contributed by atoms with van der Waals surface area (Å²) in [5.41, 5.74) is 6.35. The number of carbonyl (C=O) groups excluding carboxylic acids is 1. The molecule has 0 bridgehead atoms. The number of fused-ring (bicyclic) bond motifs is 1. The van der Waals surface area contributed by atoms with E-state index >= 15 is 0 Å². The number of carbonyl (C=O) groups is 1. The molecule has 0 spiro atoms. The first kappa shape index (κ1) is 13.1. The predicted molar refractivity (Wildman–Crippen MR) is 77.7 cm³/mol. The van der Waals surface area contributed by atoms with Crippen molar-refractivity contribution in [2.45, 2.75) is 0 Å². The second-order valence-electron chi connectivity index (χ2n) is 4.71. The first-order chi connectivity index (χ1) is 10.0. The summed E-state index contributed by atoms with van der Waals surface area (Å²) in [6, 6.07) is 10.4. The molecule has 21 heavy (non-hydrogen) atoms. The Kier molecular flexibility index (Phi) is 2.86. The minimum atomic E-state index is -0.714. The highest BCUT2D eigenvalue weighted by molar-refractivity contribution is 6.01. The summed E-state index contributed by atoms with van der Waals surface area (Å²) in [7, 11) is 1.55. The number of anilines is 1. The molecule has 0 saturated carbocycles. The van der Waals surface area contributed by atoms with Gasteiger partial charge in [0.1, 0.15) is 5.82 Å². The van der Waals surface area contributed by atoms with Gasteiger partial charge in [0.25, 0.3) is 5.91 Å². The van der Waals surface area contributed by atoms with Gasteiger partial charge in [0, 0.05) is 12.7 Å². The number of nitrogen functional groups attached to an aromatic ring is 1. The number of halogens is 1. The monoisotopic (exact) mass is 285 g/mol. The van der Waals surface area contributed by atoms with Crippen molar-refractivity contribution in [1.29, 1.82) is 0 Å². The van der Waals surface area contributed by atoms with Gasteiger partial charge in [-0.15, -0.1) is 0 Å². The minimum Gasteiger partial charge on any atom is -0.399 e. The van der Waals surface area contributed by atoms with Gasteiger partial charge in [0.15, 0.2) is 0 Å². The molecule has 3 aromatic rings. The molecule has 0 aliphatic rings. The lowest BCUT2D eigenvalue weighted by Gasteiger charge is -2.03. The summed E-state index contributed by atoms with van der Waals surface area (Å²) in [6.07, 6.45) is 0. The highest BCUT2D eigenvalue weighted by Crippen LogP contribution is 2.18. The average molecular weight is 285 g/mol. The number of nitrogens with zero attached hydrogens (tertiary/aromatic N) is 2. The maximum Gasteiger partial charge on any atom is 0.335 e. The number of aromatic nitrogens is 2. The Labute approximate surface area is 119 Å². The lowest BCUT2D eigenvalue weighted by atomic mass is 10.2. The molecule has 2 N–H and O–H groups in total. The molecule has 1 aromatic heterocycles. The number of nitrogens with two attached hydrogens (primary N) is 1. The summed E-state index contributed by atoms with van der Waals surface area (Å²) >= 11 is 0. The maximum absolute atomic E-state index is 13.8. The molecule has 0 aliphatic carbocycles. The summed E-state index contributed by atoms with van der Waals surface area (Å²) in [6.45, 7) is 0. The fourth-order valence-electron chi connectivity index (χ4n) is 2.31. The first-order valence-electron chi connectivity index (χ1n) is 6.27. The van der Waals surface area contributed by atoms with Gasteiger partial charge in [-0.1, -0.05) is 12.1 Å². The molecule has 0 amide bonds. The van der Waals surface area contributed by atoms with Crippen molar-refractivity contribution in [1.82, 2.24) is 9.13 Å². The van der Waals surface area contributed by atoms with Crippen LogP contribution in [0.3, 0.4) is 0 Å². The lowest BCUT2D eigenvalue weighted by Crippen LogP contribution is -2.28. The van der Waals surface area contributed by atoms with Crippen LogP contribution in [-0.4, -0.2) is 15.0 Å². The van der Waals surface area contributed by atoms with Crippen LogP contribution in [0.1, 0.15) is 10.4 Å². The van der Waals surface area contributed by atoms with Crippen LogP contribution in [0.15, 0.2) is 47.3 Å². The van der Waals surface area contributed by atoms with Gasteiger partial charge in [0.2, 0.25) is 0 Å². The second-order valence-corrected chi connectivity index (χ2v) is 4.71. The van der Waals surface area contributed by atoms with Crippen molar-refractivity contribution in [3.8, 4) is 0 Å². The van der Waals surface area contributed by atoms with Crippen LogP contribution in [-0.2, 0) is 7.05 Å². The van der Waals surface area contributed by atoms with Crippen LogP contribution in [0.25, 0.3) is 11.0 Å². The molecule has 0 saturated heterocycles. The number of hydrogen-bond donors (Lipinski definition) is 1. The number of imidazole rings is 1. The van der Waals surface area contributed by atoms with Crippen molar-refractivity contribution >= 4 is 22.6 Å². The quantitative estimate of drug-likeness (QED) is 0.692. The number of benzene rings is 2. The summed E-state index contributed by atoms with van der Waals surface area (Å²) < 4.78 is 16.0. The molecule has 0 atom stereocenters. The third-order valence-corrected chi connectivity index (χ3v) is 3.39. The summed E-state index contributed by atoms with van der Waals surface area (Å²) in [4.78, 5) is 24.8. The molecule has 0 fully saturated rings. The molecular weight excluding hydrogens is 273 g/mol. The third kappa shape index (κ3) is 1.92. The van der Waals surface area contributed by atoms with Crippen molar-refractivity contribution in [2.75, 3.05) is 5.73 Å². The standard InChI is InChI=1S/C15H12FN3O2/c1-18-12-7-6-9(17)8-13(12)19(15(18)21)14(20)10-4-2-3-5-11(10)16/h2-8H,17H2,1H3. The summed E-state index contributed by atoms with van der Waals surface area (Å²) in [5, 5.41) is 0. The molecule has 0 aliphatic heterocycles. The lowest BCUT2D eigenvalue weighted by molar-refractivity contribution is 0.0956. The molecule has 1 heterocycles. The minimum absolute atomic E-state index is 0.158. The first-order valence-corrected chi connectivity index (χ1v) is 6.27. The van der Waals surface area contributed by atoms with Crippen LogP contribution in [0, 0.1) is 5.82 Å². The van der Waals surface area contributed by atoms with E-state index in [1.165, 1.54) is 28.8 Å². The number of hydrogen-bond acceptors (Lipinski definition) is 3. The second kappa shape index (κ2) is 4.59. The molecule has 0 radical (unpaired) electrons. The van der Waals surface area contributed by atoms with Crippen molar-refractivity contribution in [3.63, 3.8) is 0 Å². The summed E-state index contributed by atoms with van der Waals surface area (Å²) in [5.74, 6) is -1.38. The van der Waals surface area contributed by atoms with Gasteiger partial charge >= 0.3 is 5.69 Å². The van der Waals surface area contributed by atoms with Crippen molar-refractivity contribution in [3.05, 3.63) is 64.3 Å². The molecule has 3 rings (SSSR count). The zero-order valence-electron chi connectivity index (χ0n) is 11.2. The molecule has 106 valence electrons. The topological polar surface area (TPSA) is 70.0 Å². The van der Waals surface area contributed by atoms with E-state index in [9.17, 15) is 14.0 Å². The fraction of sp³-hybridized carbons (Fsp3) is 0.0667. The van der Waals surface area contributed by atoms with Crippen molar-refractivity contribution in [2.24, 2.45) is 7.05 Å². The van der Waals surface area contributed by atoms with Crippen LogP contribution in [0.5, 0.6) is 0 Å². The Balaban J connectivity index is 2.33. The highest BCUT2D eigenvalue weighted by Gasteiger charge is 2.20. The van der Waals surface area contributed by atoms with E-state index in [0.29, 0.717) is 16.7 Å². The normalized spacial score (nSPS) is 11.0. The van der Waals surface area contributed by atoms with Gasteiger partial charge in [-0.25, -0.2) is 13.8 Å². The smallest absolute Gasteiger partial charge is 0.335 e. The van der Waals surface area contributed by atoms with Crippen LogP contribution >= 0.6 is 0 Å². The maximum atomic E-state index is 13.8. The predicted octanol–water partition coefficient (Wildman–Crippen LogP) is 1.75. The molecule has 2 aromatic carbocycles. The number of rotatable bonds is 1. The Morgan fingerprint density at radius 3 is 2.57 bits per heavy atom. The highest BCUT2D eigenvalue weighted by atomic mass is 19.1. The van der Waals surface area contributed by atoms with E-state index in [0.717, 1.165) is 4.57 Å². The van der Waals surface area contributed by atoms with E-state index in [2.05, 4.69) is 0 Å². The van der Waals surface area contributed by atoms with Gasteiger partial charge in [0.05, 0.1) is 16.6 Å². The zero-order chi connectivity index (χ0) is 15.1. The Morgan fingerprint density at radius 2 is 1.86 bits per heavy atom. The van der Waals surface area contributed by atoms with Gasteiger partial charge in [-0.05, 0) is 30.3 Å². The Morgan fingerprint density at radius 1 is 1.14 bits per heavy atom. The molecule has 6 heteroatoms. The van der Waals surface area contributed by atoms with E-state index in [1.54, 1.807) is 25.2 Å². The van der Waals surface area contributed by atoms with E-state index in [4.69, 9.17) is 5.73 Å². The largest absolute Gasteiger partial charge is 0.399 e. The van der Waals surface area contributed by atoms with Crippen LogP contribution < -0.4 is 11.4 Å². The van der Waals surface area contributed by atoms with Gasteiger partial charge < -0.3 is 5.73 Å². The average Bonchev–Trinajstić information content (AvgIpc) is 2.70. The number of aryl methyl sites for hydroxylation is 1. The zero-order valence-corrected chi connectivity index (χ0v) is 11.2. The molecule has 5 nitrogen and oxygen atoms in total. The van der Waals surface area contributed by atoms with E-state index in [-0.39, 0.29) is 5.56 Å². The van der Waals surface area contributed by atoms with E-state index < -0.39 is 17.4 Å². The van der Waals surface area contributed by atoms with Gasteiger partial charge in [-0.2, -0.15) is 0 Å². The van der Waals surface area contributed by atoms with Crippen LogP contribution in [0.4, 0.5) is 10.1 Å². The van der Waals surface area contributed by atoms with Gasteiger partial charge in [-0.3, -0.25) is 9.36 Å². The molecular formula is C15H12FN3O2. The van der Waals surface area contributed by atoms with E-state index in [1.807, 2.05) is 0 Å². The van der Waals surface area contributed by atoms with Crippen LogP contribution in [0.2, 0.25) is 0 Å². The SMILES string of the molecule is Cn1c(=O)n(C(=O)c2ccccc2F)c2cc(N)ccc21. The molecule has 0 unspecified atom stereocenters. The fourth-order valence-corrected chi connectivity index (χ4v) is 2.31. The Hall–Kier alpha value is -2.89.